The average molecular weight is 402 g/mol. The van der Waals surface area contributed by atoms with Gasteiger partial charge in [-0.3, -0.25) is 5.41 Å². The van der Waals surface area contributed by atoms with E-state index in [1.807, 2.05) is 36.7 Å². The Morgan fingerprint density at radius 1 is 1.24 bits per heavy atom. The molecule has 3 rings (SSSR count). The van der Waals surface area contributed by atoms with E-state index in [1.54, 1.807) is 11.3 Å². The summed E-state index contributed by atoms with van der Waals surface area (Å²) in [5.41, 5.74) is 2.05. The second-order valence-corrected chi connectivity index (χ2v) is 6.80. The Morgan fingerprint density at radius 2 is 2.00 bits per heavy atom. The molecule has 1 heterocycles. The summed E-state index contributed by atoms with van der Waals surface area (Å²) < 4.78 is 6.17. The van der Waals surface area contributed by atoms with E-state index in [-0.39, 0.29) is 24.8 Å². The molecule has 3 N–H and O–H groups in total. The van der Waals surface area contributed by atoms with Gasteiger partial charge in [-0.1, -0.05) is 6.07 Å². The van der Waals surface area contributed by atoms with Crippen molar-refractivity contribution in [3.8, 4) is 5.75 Å². The topological polar surface area (TPSA) is 57.1 Å². The minimum absolute atomic E-state index is 0. The number of thiophene rings is 1. The van der Waals surface area contributed by atoms with Crippen LogP contribution in [0.2, 0.25) is 0 Å². The third-order valence-electron chi connectivity index (χ3n) is 4.06. The van der Waals surface area contributed by atoms with Gasteiger partial charge in [0, 0.05) is 17.8 Å². The SMILES string of the molecule is CNCc1cc(NC(=N)c2cccs2)ccc1OC1CCCC1.Cl.Cl. The van der Waals surface area contributed by atoms with Crippen molar-refractivity contribution in [1.82, 2.24) is 5.32 Å². The number of ether oxygens (including phenoxy) is 1. The lowest BCUT2D eigenvalue weighted by Gasteiger charge is -2.18. The fourth-order valence-corrected chi connectivity index (χ4v) is 3.54. The van der Waals surface area contributed by atoms with Crippen molar-refractivity contribution in [2.75, 3.05) is 12.4 Å². The molecule has 1 aromatic heterocycles. The molecule has 1 aromatic carbocycles. The Morgan fingerprint density at radius 3 is 2.64 bits per heavy atom. The molecule has 1 fully saturated rings. The number of rotatable bonds is 6. The van der Waals surface area contributed by atoms with Gasteiger partial charge in [-0.2, -0.15) is 0 Å². The molecule has 1 saturated carbocycles. The maximum atomic E-state index is 8.14. The first-order valence-corrected chi connectivity index (χ1v) is 8.98. The van der Waals surface area contributed by atoms with Crippen LogP contribution < -0.4 is 15.4 Å². The molecule has 0 saturated heterocycles. The van der Waals surface area contributed by atoms with E-state index in [1.165, 1.54) is 12.8 Å². The van der Waals surface area contributed by atoms with Crippen molar-refractivity contribution >= 4 is 47.7 Å². The van der Waals surface area contributed by atoms with Crippen LogP contribution in [0.1, 0.15) is 36.1 Å². The molecule has 0 radical (unpaired) electrons. The van der Waals surface area contributed by atoms with Gasteiger partial charge in [-0.25, -0.2) is 0 Å². The molecule has 1 aliphatic rings. The number of hydrogen-bond acceptors (Lipinski definition) is 4. The molecule has 25 heavy (non-hydrogen) atoms. The third-order valence-corrected chi connectivity index (χ3v) is 4.95. The monoisotopic (exact) mass is 401 g/mol. The van der Waals surface area contributed by atoms with Gasteiger partial charge in [0.05, 0.1) is 11.0 Å². The maximum absolute atomic E-state index is 8.14. The lowest BCUT2D eigenvalue weighted by atomic mass is 10.1. The van der Waals surface area contributed by atoms with E-state index in [2.05, 4.69) is 16.7 Å². The molecule has 2 aromatic rings. The third kappa shape index (κ3) is 5.89. The summed E-state index contributed by atoms with van der Waals surface area (Å²) in [5.74, 6) is 1.39. The summed E-state index contributed by atoms with van der Waals surface area (Å²) in [5, 5.41) is 16.5. The number of nitrogens with one attached hydrogen (secondary N) is 3. The summed E-state index contributed by atoms with van der Waals surface area (Å²) in [6, 6.07) is 10.00. The Bertz CT molecular complexity index is 658. The van der Waals surface area contributed by atoms with Crippen molar-refractivity contribution in [3.05, 3.63) is 46.2 Å². The van der Waals surface area contributed by atoms with Crippen LogP contribution in [0.25, 0.3) is 0 Å². The average Bonchev–Trinajstić information content (AvgIpc) is 3.23. The quantitative estimate of drug-likeness (QED) is 0.467. The highest BCUT2D eigenvalue weighted by Crippen LogP contribution is 2.29. The number of amidine groups is 1. The second kappa shape index (κ2) is 10.7. The molecule has 1 aliphatic carbocycles. The minimum atomic E-state index is 0. The number of halogens is 2. The maximum Gasteiger partial charge on any atom is 0.140 e. The van der Waals surface area contributed by atoms with Crippen molar-refractivity contribution in [2.45, 2.75) is 38.3 Å². The van der Waals surface area contributed by atoms with Crippen LogP contribution in [0.15, 0.2) is 35.7 Å². The molecule has 0 spiro atoms. The molecule has 4 nitrogen and oxygen atoms in total. The summed E-state index contributed by atoms with van der Waals surface area (Å²) in [7, 11) is 1.94. The van der Waals surface area contributed by atoms with E-state index in [9.17, 15) is 0 Å². The van der Waals surface area contributed by atoms with E-state index in [0.29, 0.717) is 11.9 Å². The zero-order valence-electron chi connectivity index (χ0n) is 14.2. The van der Waals surface area contributed by atoms with Crippen molar-refractivity contribution in [2.24, 2.45) is 0 Å². The minimum Gasteiger partial charge on any atom is -0.490 e. The predicted octanol–water partition coefficient (Wildman–Crippen LogP) is 5.07. The standard InChI is InChI=1S/C18H23N3OS.2ClH/c1-20-12-13-11-14(21-18(19)17-7-4-10-23-17)8-9-16(13)22-15-5-2-3-6-15;;/h4,7-11,15,20H,2-3,5-6,12H2,1H3,(H2,19,21);2*1H. The highest BCUT2D eigenvalue weighted by Gasteiger charge is 2.18. The van der Waals surface area contributed by atoms with Crippen LogP contribution in [0, 0.1) is 5.41 Å². The fraction of sp³-hybridized carbons (Fsp3) is 0.389. The van der Waals surface area contributed by atoms with Gasteiger partial charge in [0.25, 0.3) is 0 Å². The molecule has 0 atom stereocenters. The Hall–Kier alpha value is -1.27. The van der Waals surface area contributed by atoms with Gasteiger partial charge in [-0.15, -0.1) is 36.2 Å². The summed E-state index contributed by atoms with van der Waals surface area (Å²) in [6.07, 6.45) is 5.20. The van der Waals surface area contributed by atoms with Crippen LogP contribution in [0.4, 0.5) is 5.69 Å². The zero-order chi connectivity index (χ0) is 16.1. The fourth-order valence-electron chi connectivity index (χ4n) is 2.91. The summed E-state index contributed by atoms with van der Waals surface area (Å²) in [6.45, 7) is 0.754. The number of anilines is 1. The van der Waals surface area contributed by atoms with Gasteiger partial charge >= 0.3 is 0 Å². The molecule has 0 unspecified atom stereocenters. The zero-order valence-corrected chi connectivity index (χ0v) is 16.7. The molecule has 138 valence electrons. The van der Waals surface area contributed by atoms with E-state index >= 15 is 0 Å². The van der Waals surface area contributed by atoms with E-state index in [4.69, 9.17) is 10.1 Å². The van der Waals surface area contributed by atoms with Crippen LogP contribution in [-0.4, -0.2) is 19.0 Å². The lowest BCUT2D eigenvalue weighted by molar-refractivity contribution is 0.207. The van der Waals surface area contributed by atoms with Crippen molar-refractivity contribution in [3.63, 3.8) is 0 Å². The smallest absolute Gasteiger partial charge is 0.140 e. The first kappa shape index (κ1) is 21.8. The first-order valence-electron chi connectivity index (χ1n) is 8.10. The summed E-state index contributed by atoms with van der Waals surface area (Å²) in [4.78, 5) is 0.937. The predicted molar refractivity (Wildman–Crippen MR) is 111 cm³/mol. The Balaban J connectivity index is 0.00000156. The molecular weight excluding hydrogens is 377 g/mol. The highest BCUT2D eigenvalue weighted by atomic mass is 35.5. The molecular formula is C18H25Cl2N3OS. The summed E-state index contributed by atoms with van der Waals surface area (Å²) >= 11 is 1.57. The Kier molecular flexibility index (Phi) is 9.28. The van der Waals surface area contributed by atoms with E-state index in [0.717, 1.165) is 41.3 Å². The lowest BCUT2D eigenvalue weighted by Crippen LogP contribution is -2.15. The normalized spacial score (nSPS) is 13.6. The van der Waals surface area contributed by atoms with Crippen molar-refractivity contribution in [1.29, 1.82) is 5.41 Å². The molecule has 0 aliphatic heterocycles. The highest BCUT2D eigenvalue weighted by molar-refractivity contribution is 7.12. The van der Waals surface area contributed by atoms with Gasteiger partial charge in [-0.05, 0) is 62.4 Å². The van der Waals surface area contributed by atoms with Crippen molar-refractivity contribution < 1.29 is 4.74 Å². The number of hydrogen-bond donors (Lipinski definition) is 3. The van der Waals surface area contributed by atoms with Crippen LogP contribution in [0.3, 0.4) is 0 Å². The van der Waals surface area contributed by atoms with Gasteiger partial charge in [0.2, 0.25) is 0 Å². The number of benzene rings is 1. The molecule has 0 bridgehead atoms. The Labute approximate surface area is 165 Å². The van der Waals surface area contributed by atoms with E-state index < -0.39 is 0 Å². The largest absolute Gasteiger partial charge is 0.490 e. The molecule has 0 amide bonds. The van der Waals surface area contributed by atoms with Gasteiger partial charge in [0.1, 0.15) is 11.6 Å². The first-order chi connectivity index (χ1) is 11.3. The van der Waals surface area contributed by atoms with Crippen LogP contribution in [0.5, 0.6) is 5.75 Å². The molecule has 7 heteroatoms. The van der Waals surface area contributed by atoms with Gasteiger partial charge in [0.15, 0.2) is 0 Å². The van der Waals surface area contributed by atoms with Crippen LogP contribution >= 0.6 is 36.2 Å². The van der Waals surface area contributed by atoms with Gasteiger partial charge < -0.3 is 15.4 Å². The van der Waals surface area contributed by atoms with Crippen LogP contribution in [-0.2, 0) is 6.54 Å². The second-order valence-electron chi connectivity index (χ2n) is 5.85.